The van der Waals surface area contributed by atoms with E-state index in [0.29, 0.717) is 17.5 Å². The van der Waals surface area contributed by atoms with E-state index in [1.165, 1.54) is 17.3 Å². The number of aromatic nitrogens is 3. The van der Waals surface area contributed by atoms with Crippen molar-refractivity contribution in [1.29, 1.82) is 0 Å². The number of carbonyl (C=O) groups excluding carboxylic acids is 1. The number of aryl methyl sites for hydroxylation is 1. The van der Waals surface area contributed by atoms with E-state index in [1.807, 2.05) is 42.2 Å². The van der Waals surface area contributed by atoms with Gasteiger partial charge in [0, 0.05) is 18.8 Å². The van der Waals surface area contributed by atoms with Crippen molar-refractivity contribution in [3.63, 3.8) is 0 Å². The van der Waals surface area contributed by atoms with Crippen molar-refractivity contribution in [3.05, 3.63) is 48.2 Å². The van der Waals surface area contributed by atoms with Crippen molar-refractivity contribution in [2.45, 2.75) is 50.6 Å². The monoisotopic (exact) mass is 410 g/mol. The number of nitrogens with zero attached hydrogens (tertiary/aromatic N) is 4. The van der Waals surface area contributed by atoms with Gasteiger partial charge in [0.2, 0.25) is 5.91 Å². The Hall–Kier alpha value is -2.54. The molecule has 1 aliphatic heterocycles. The lowest BCUT2D eigenvalue weighted by atomic mass is 10.0. The molecule has 1 amide bonds. The minimum Gasteiger partial charge on any atom is -0.461 e. The Labute approximate surface area is 175 Å². The van der Waals surface area contributed by atoms with Crippen LogP contribution < -0.4 is 4.90 Å². The van der Waals surface area contributed by atoms with Crippen LogP contribution in [0.2, 0.25) is 0 Å². The molecule has 2 aromatic heterocycles. The predicted molar refractivity (Wildman–Crippen MR) is 115 cm³/mol. The first-order valence-electron chi connectivity index (χ1n) is 10.1. The lowest BCUT2D eigenvalue weighted by Gasteiger charge is -2.31. The highest BCUT2D eigenvalue weighted by Crippen LogP contribution is 2.32. The largest absolute Gasteiger partial charge is 0.461 e. The van der Waals surface area contributed by atoms with Gasteiger partial charge >= 0.3 is 0 Å². The summed E-state index contributed by atoms with van der Waals surface area (Å²) in [6.45, 7) is 7.78. The van der Waals surface area contributed by atoms with Crippen LogP contribution >= 0.6 is 11.8 Å². The third kappa shape index (κ3) is 4.10. The summed E-state index contributed by atoms with van der Waals surface area (Å²) in [5.41, 5.74) is 2.28. The van der Waals surface area contributed by atoms with Gasteiger partial charge in [-0.2, -0.15) is 0 Å². The van der Waals surface area contributed by atoms with E-state index in [4.69, 9.17) is 4.42 Å². The smallest absolute Gasteiger partial charge is 0.240 e. The average Bonchev–Trinajstić information content (AvgIpc) is 3.37. The average molecular weight is 411 g/mol. The second kappa shape index (κ2) is 8.45. The summed E-state index contributed by atoms with van der Waals surface area (Å²) >= 11 is 1.46. The van der Waals surface area contributed by atoms with Crippen LogP contribution in [-0.4, -0.2) is 32.5 Å². The molecule has 3 heterocycles. The molecule has 3 aromatic rings. The Balaban J connectivity index is 1.57. The maximum absolute atomic E-state index is 13.3. The number of furan rings is 1. The van der Waals surface area contributed by atoms with Gasteiger partial charge in [-0.15, -0.1) is 10.2 Å². The first kappa shape index (κ1) is 19.8. The molecular weight excluding hydrogens is 384 g/mol. The number of rotatable bonds is 6. The van der Waals surface area contributed by atoms with Crippen LogP contribution in [0.4, 0.5) is 5.69 Å². The van der Waals surface area contributed by atoms with Gasteiger partial charge in [0.1, 0.15) is 0 Å². The number of benzene rings is 1. The van der Waals surface area contributed by atoms with E-state index in [2.05, 4.69) is 34.7 Å². The van der Waals surface area contributed by atoms with E-state index >= 15 is 0 Å². The van der Waals surface area contributed by atoms with Gasteiger partial charge in [-0.05, 0) is 49.4 Å². The Morgan fingerprint density at radius 1 is 1.17 bits per heavy atom. The fourth-order valence-corrected chi connectivity index (χ4v) is 4.60. The van der Waals surface area contributed by atoms with Crippen LogP contribution in [0.15, 0.2) is 52.2 Å². The molecule has 1 atom stereocenters. The summed E-state index contributed by atoms with van der Waals surface area (Å²) in [4.78, 5) is 15.2. The van der Waals surface area contributed by atoms with Crippen LogP contribution in [0.5, 0.6) is 0 Å². The molecule has 4 rings (SSSR count). The summed E-state index contributed by atoms with van der Waals surface area (Å²) in [7, 11) is 0. The molecule has 0 fully saturated rings. The fraction of sp³-hybridized carbons (Fsp3) is 0.409. The number of para-hydroxylation sites is 1. The second-order valence-electron chi connectivity index (χ2n) is 7.77. The highest BCUT2D eigenvalue weighted by molar-refractivity contribution is 8.00. The molecule has 0 aliphatic carbocycles. The SMILES string of the molecule is CC(C)Cn1c(SC(C)C(=O)N2CCCc3ccccc32)nnc1-c1ccco1. The normalized spacial score (nSPS) is 14.8. The molecule has 6 nitrogen and oxygen atoms in total. The molecule has 1 aromatic carbocycles. The van der Waals surface area contributed by atoms with Gasteiger partial charge < -0.3 is 9.32 Å². The number of thioether (sulfide) groups is 1. The topological polar surface area (TPSA) is 64.2 Å². The maximum Gasteiger partial charge on any atom is 0.240 e. The van der Waals surface area contributed by atoms with E-state index in [1.54, 1.807) is 6.26 Å². The van der Waals surface area contributed by atoms with E-state index in [0.717, 1.165) is 36.8 Å². The van der Waals surface area contributed by atoms with Crippen molar-refractivity contribution in [1.82, 2.24) is 14.8 Å². The highest BCUT2D eigenvalue weighted by atomic mass is 32.2. The number of anilines is 1. The predicted octanol–water partition coefficient (Wildman–Crippen LogP) is 4.65. The lowest BCUT2D eigenvalue weighted by molar-refractivity contribution is -0.117. The zero-order chi connectivity index (χ0) is 20.4. The van der Waals surface area contributed by atoms with Gasteiger partial charge in [0.05, 0.1) is 11.5 Å². The van der Waals surface area contributed by atoms with Crippen LogP contribution in [0, 0.1) is 5.92 Å². The van der Waals surface area contributed by atoms with Gasteiger partial charge in [-0.1, -0.05) is 43.8 Å². The number of fused-ring (bicyclic) bond motifs is 1. The molecule has 1 unspecified atom stereocenters. The quantitative estimate of drug-likeness (QED) is 0.553. The van der Waals surface area contributed by atoms with Gasteiger partial charge in [-0.25, -0.2) is 0 Å². The van der Waals surface area contributed by atoms with Crippen LogP contribution in [0.25, 0.3) is 11.6 Å². The Morgan fingerprint density at radius 3 is 2.76 bits per heavy atom. The fourth-order valence-electron chi connectivity index (χ4n) is 3.68. The molecule has 1 aliphatic rings. The van der Waals surface area contributed by atoms with E-state index < -0.39 is 0 Å². The van der Waals surface area contributed by atoms with E-state index in [-0.39, 0.29) is 11.2 Å². The first-order chi connectivity index (χ1) is 14.0. The van der Waals surface area contributed by atoms with Crippen LogP contribution in [-0.2, 0) is 17.8 Å². The van der Waals surface area contributed by atoms with Crippen molar-refractivity contribution in [2.24, 2.45) is 5.92 Å². The molecule has 0 spiro atoms. The summed E-state index contributed by atoms with van der Waals surface area (Å²) < 4.78 is 7.59. The molecular formula is C22H26N4O2S. The summed E-state index contributed by atoms with van der Waals surface area (Å²) in [5, 5.41) is 9.21. The molecule has 0 N–H and O–H groups in total. The summed E-state index contributed by atoms with van der Waals surface area (Å²) in [6, 6.07) is 11.9. The lowest BCUT2D eigenvalue weighted by Crippen LogP contribution is -2.40. The van der Waals surface area contributed by atoms with Gasteiger partial charge in [-0.3, -0.25) is 9.36 Å². The van der Waals surface area contributed by atoms with Crippen LogP contribution in [0.1, 0.15) is 32.8 Å². The minimum absolute atomic E-state index is 0.112. The zero-order valence-electron chi connectivity index (χ0n) is 17.0. The van der Waals surface area contributed by atoms with Crippen molar-refractivity contribution in [2.75, 3.05) is 11.4 Å². The number of hydrogen-bond acceptors (Lipinski definition) is 5. The van der Waals surface area contributed by atoms with Crippen molar-refractivity contribution in [3.8, 4) is 11.6 Å². The highest BCUT2D eigenvalue weighted by Gasteiger charge is 2.28. The van der Waals surface area contributed by atoms with E-state index in [9.17, 15) is 4.79 Å². The summed E-state index contributed by atoms with van der Waals surface area (Å²) in [5.74, 6) is 1.92. The molecule has 0 radical (unpaired) electrons. The van der Waals surface area contributed by atoms with Gasteiger partial charge in [0.15, 0.2) is 16.7 Å². The second-order valence-corrected chi connectivity index (χ2v) is 9.08. The third-order valence-electron chi connectivity index (χ3n) is 5.01. The maximum atomic E-state index is 13.3. The molecule has 0 saturated heterocycles. The Morgan fingerprint density at radius 2 is 2.00 bits per heavy atom. The summed E-state index contributed by atoms with van der Waals surface area (Å²) in [6.07, 6.45) is 3.65. The molecule has 152 valence electrons. The first-order valence-corrected chi connectivity index (χ1v) is 11.0. The zero-order valence-corrected chi connectivity index (χ0v) is 17.9. The molecule has 7 heteroatoms. The number of hydrogen-bond donors (Lipinski definition) is 0. The standard InChI is InChI=1S/C22H26N4O2S/c1-15(2)14-26-20(19-11-7-13-28-19)23-24-22(26)29-16(3)21(27)25-12-6-9-17-8-4-5-10-18(17)25/h4-5,7-8,10-11,13,15-16H,6,9,12,14H2,1-3H3. The van der Waals surface area contributed by atoms with Crippen molar-refractivity contribution < 1.29 is 9.21 Å². The van der Waals surface area contributed by atoms with Crippen molar-refractivity contribution >= 4 is 23.4 Å². The minimum atomic E-state index is -0.263. The molecule has 29 heavy (non-hydrogen) atoms. The Kier molecular flexibility index (Phi) is 5.76. The number of carbonyl (C=O) groups is 1. The molecule has 0 saturated carbocycles. The van der Waals surface area contributed by atoms with Crippen LogP contribution in [0.3, 0.4) is 0 Å². The van der Waals surface area contributed by atoms with Gasteiger partial charge in [0.25, 0.3) is 0 Å². The third-order valence-corrected chi connectivity index (χ3v) is 6.08. The molecule has 0 bridgehead atoms. The Bertz CT molecular complexity index is 981. The number of amides is 1.